The Kier molecular flexibility index (Phi) is 4.83. The van der Waals surface area contributed by atoms with Gasteiger partial charge in [0.1, 0.15) is 11.9 Å². The summed E-state index contributed by atoms with van der Waals surface area (Å²) in [4.78, 5) is 0. The van der Waals surface area contributed by atoms with Gasteiger partial charge in [-0.05, 0) is 48.4 Å². The second kappa shape index (κ2) is 6.40. The molecule has 2 rings (SSSR count). The van der Waals surface area contributed by atoms with Crippen molar-refractivity contribution in [3.8, 4) is 5.75 Å². The molecule has 3 nitrogen and oxygen atoms in total. The normalized spacial score (nSPS) is 22.4. The van der Waals surface area contributed by atoms with Gasteiger partial charge in [-0.25, -0.2) is 0 Å². The maximum Gasteiger partial charge on any atom is 0.119 e. The zero-order valence-corrected chi connectivity index (χ0v) is 12.1. The summed E-state index contributed by atoms with van der Waals surface area (Å²) in [5.74, 6) is 1.49. The summed E-state index contributed by atoms with van der Waals surface area (Å²) in [6.07, 6.45) is 2.27. The number of methoxy groups -OCH3 is 1. The molecular formula is C16H24O3. The maximum atomic E-state index is 10.4. The summed E-state index contributed by atoms with van der Waals surface area (Å²) in [5, 5.41) is 10.4. The van der Waals surface area contributed by atoms with Crippen molar-refractivity contribution in [2.24, 2.45) is 5.92 Å². The Hall–Kier alpha value is -1.06. The van der Waals surface area contributed by atoms with Crippen LogP contribution in [0.15, 0.2) is 18.2 Å². The Morgan fingerprint density at radius 3 is 2.84 bits per heavy atom. The highest BCUT2D eigenvalue weighted by atomic mass is 16.5. The van der Waals surface area contributed by atoms with Crippen LogP contribution in [0.25, 0.3) is 0 Å². The molecular weight excluding hydrogens is 240 g/mol. The summed E-state index contributed by atoms with van der Waals surface area (Å²) in [7, 11) is 1.67. The highest BCUT2D eigenvalue weighted by Gasteiger charge is 2.28. The van der Waals surface area contributed by atoms with E-state index in [9.17, 15) is 5.11 Å². The van der Waals surface area contributed by atoms with Crippen LogP contribution in [0.5, 0.6) is 5.75 Å². The number of hydrogen-bond acceptors (Lipinski definition) is 3. The molecule has 1 aliphatic rings. The largest absolute Gasteiger partial charge is 0.497 e. The number of ether oxygens (including phenoxy) is 2. The van der Waals surface area contributed by atoms with Crippen LogP contribution in [-0.2, 0) is 11.2 Å². The molecule has 0 radical (unpaired) electrons. The van der Waals surface area contributed by atoms with E-state index in [-0.39, 0.29) is 6.10 Å². The quantitative estimate of drug-likeness (QED) is 0.888. The van der Waals surface area contributed by atoms with Gasteiger partial charge in [0.15, 0.2) is 0 Å². The van der Waals surface area contributed by atoms with E-state index < -0.39 is 6.10 Å². The van der Waals surface area contributed by atoms with E-state index in [4.69, 9.17) is 9.47 Å². The average molecular weight is 264 g/mol. The molecule has 0 aliphatic heterocycles. The van der Waals surface area contributed by atoms with Crippen molar-refractivity contribution in [2.45, 2.75) is 45.3 Å². The number of fused-ring (bicyclic) bond motifs is 1. The predicted octanol–water partition coefficient (Wildman–Crippen LogP) is 3.11. The third-order valence-electron chi connectivity index (χ3n) is 3.75. The second-order valence-electron chi connectivity index (χ2n) is 5.64. The van der Waals surface area contributed by atoms with Gasteiger partial charge in [0.2, 0.25) is 0 Å². The molecule has 0 aromatic heterocycles. The first-order valence-electron chi connectivity index (χ1n) is 7.08. The second-order valence-corrected chi connectivity index (χ2v) is 5.64. The lowest BCUT2D eigenvalue weighted by atomic mass is 9.87. The van der Waals surface area contributed by atoms with Gasteiger partial charge in [-0.1, -0.05) is 19.9 Å². The summed E-state index contributed by atoms with van der Waals surface area (Å²) in [5.41, 5.74) is 2.16. The van der Waals surface area contributed by atoms with Gasteiger partial charge in [0, 0.05) is 6.61 Å². The van der Waals surface area contributed by atoms with Crippen molar-refractivity contribution in [3.05, 3.63) is 29.3 Å². The molecule has 19 heavy (non-hydrogen) atoms. The number of hydrogen-bond donors (Lipinski definition) is 1. The smallest absolute Gasteiger partial charge is 0.119 e. The van der Waals surface area contributed by atoms with E-state index in [2.05, 4.69) is 13.8 Å². The highest BCUT2D eigenvalue weighted by Crippen LogP contribution is 2.34. The van der Waals surface area contributed by atoms with Crippen molar-refractivity contribution in [1.29, 1.82) is 0 Å². The zero-order chi connectivity index (χ0) is 13.8. The van der Waals surface area contributed by atoms with Crippen molar-refractivity contribution in [3.63, 3.8) is 0 Å². The first kappa shape index (κ1) is 14.4. The minimum absolute atomic E-state index is 0.0698. The van der Waals surface area contributed by atoms with Gasteiger partial charge in [-0.2, -0.15) is 0 Å². The topological polar surface area (TPSA) is 38.7 Å². The van der Waals surface area contributed by atoms with E-state index >= 15 is 0 Å². The minimum atomic E-state index is -0.512. The Morgan fingerprint density at radius 1 is 1.37 bits per heavy atom. The fourth-order valence-electron chi connectivity index (χ4n) is 2.50. The van der Waals surface area contributed by atoms with Crippen molar-refractivity contribution >= 4 is 0 Å². The van der Waals surface area contributed by atoms with Crippen LogP contribution in [0, 0.1) is 5.92 Å². The van der Waals surface area contributed by atoms with Crippen molar-refractivity contribution < 1.29 is 14.6 Å². The molecule has 1 aromatic carbocycles. The van der Waals surface area contributed by atoms with E-state index in [1.54, 1.807) is 7.11 Å². The minimum Gasteiger partial charge on any atom is -0.497 e. The molecule has 1 aliphatic carbocycles. The molecule has 0 heterocycles. The highest BCUT2D eigenvalue weighted by molar-refractivity contribution is 5.39. The van der Waals surface area contributed by atoms with Crippen LogP contribution in [-0.4, -0.2) is 24.9 Å². The zero-order valence-electron chi connectivity index (χ0n) is 12.1. The van der Waals surface area contributed by atoms with Gasteiger partial charge >= 0.3 is 0 Å². The lowest BCUT2D eigenvalue weighted by Gasteiger charge is -2.30. The maximum absolute atomic E-state index is 10.4. The van der Waals surface area contributed by atoms with Gasteiger partial charge in [-0.15, -0.1) is 0 Å². The van der Waals surface area contributed by atoms with E-state index in [1.807, 2.05) is 18.2 Å². The van der Waals surface area contributed by atoms with E-state index in [0.717, 1.165) is 37.2 Å². The molecule has 1 N–H and O–H groups in total. The third-order valence-corrected chi connectivity index (χ3v) is 3.75. The fraction of sp³-hybridized carbons (Fsp3) is 0.625. The Morgan fingerprint density at radius 2 is 2.16 bits per heavy atom. The fourth-order valence-corrected chi connectivity index (χ4v) is 2.50. The van der Waals surface area contributed by atoms with Crippen LogP contribution >= 0.6 is 0 Å². The number of aliphatic hydroxyl groups excluding tert-OH is 1. The van der Waals surface area contributed by atoms with E-state index in [0.29, 0.717) is 5.92 Å². The lowest BCUT2D eigenvalue weighted by molar-refractivity contribution is -0.0511. The number of rotatable bonds is 5. The van der Waals surface area contributed by atoms with Crippen LogP contribution in [0.4, 0.5) is 0 Å². The molecule has 106 valence electrons. The van der Waals surface area contributed by atoms with Crippen LogP contribution in [0.2, 0.25) is 0 Å². The first-order chi connectivity index (χ1) is 9.11. The van der Waals surface area contributed by atoms with Gasteiger partial charge in [0.05, 0.1) is 13.2 Å². The summed E-state index contributed by atoms with van der Waals surface area (Å²) in [6.45, 7) is 5.09. The van der Waals surface area contributed by atoms with Crippen LogP contribution in [0.3, 0.4) is 0 Å². The molecule has 0 saturated heterocycles. The van der Waals surface area contributed by atoms with Crippen LogP contribution < -0.4 is 4.74 Å². The standard InChI is InChI=1S/C16H24O3/c1-11(2)8-9-19-15-7-4-12-10-13(18-3)5-6-14(12)16(15)17/h5-6,10-11,15-17H,4,7-9H2,1-3H3. The SMILES string of the molecule is COc1ccc2c(c1)CCC(OCCC(C)C)C2O. The predicted molar refractivity (Wildman–Crippen MR) is 75.5 cm³/mol. The molecule has 0 amide bonds. The van der Waals surface area contributed by atoms with Gasteiger partial charge < -0.3 is 14.6 Å². The molecule has 0 fully saturated rings. The average Bonchev–Trinajstić information content (AvgIpc) is 2.40. The van der Waals surface area contributed by atoms with Gasteiger partial charge in [-0.3, -0.25) is 0 Å². The summed E-state index contributed by atoms with van der Waals surface area (Å²) < 4.78 is 11.1. The number of aryl methyl sites for hydroxylation is 1. The van der Waals surface area contributed by atoms with Crippen molar-refractivity contribution in [1.82, 2.24) is 0 Å². The molecule has 0 spiro atoms. The summed E-state index contributed by atoms with van der Waals surface area (Å²) >= 11 is 0. The first-order valence-corrected chi connectivity index (χ1v) is 7.08. The van der Waals surface area contributed by atoms with E-state index in [1.165, 1.54) is 5.56 Å². The number of aliphatic hydroxyl groups is 1. The molecule has 2 unspecified atom stereocenters. The Balaban J connectivity index is 2.01. The summed E-state index contributed by atoms with van der Waals surface area (Å²) in [6, 6.07) is 5.87. The molecule has 0 bridgehead atoms. The third kappa shape index (κ3) is 3.48. The van der Waals surface area contributed by atoms with Gasteiger partial charge in [0.25, 0.3) is 0 Å². The number of benzene rings is 1. The molecule has 1 aromatic rings. The lowest BCUT2D eigenvalue weighted by Crippen LogP contribution is -2.28. The Labute approximate surface area is 115 Å². The van der Waals surface area contributed by atoms with Crippen LogP contribution in [0.1, 0.15) is 43.9 Å². The van der Waals surface area contributed by atoms with Crippen molar-refractivity contribution in [2.75, 3.05) is 13.7 Å². The molecule has 3 heteroatoms. The Bertz CT molecular complexity index is 414. The molecule has 2 atom stereocenters. The monoisotopic (exact) mass is 264 g/mol. The molecule has 0 saturated carbocycles.